The van der Waals surface area contributed by atoms with Gasteiger partial charge in [-0.1, -0.05) is 12.1 Å². The van der Waals surface area contributed by atoms with Gasteiger partial charge in [-0.05, 0) is 35.9 Å². The number of aldehydes is 1. The third kappa shape index (κ3) is 2.23. The predicted molar refractivity (Wildman–Crippen MR) is 75.4 cm³/mol. The van der Waals surface area contributed by atoms with Crippen molar-refractivity contribution in [3.63, 3.8) is 0 Å². The zero-order valence-corrected chi connectivity index (χ0v) is 10.7. The Labute approximate surface area is 116 Å². The number of hydrazine groups is 1. The molecule has 0 amide bonds. The number of nitrogens with two attached hydrogens (primary N) is 1. The molecule has 1 unspecified atom stereocenters. The van der Waals surface area contributed by atoms with Crippen molar-refractivity contribution >= 4 is 17.7 Å². The normalized spacial score (nSPS) is 17.1. The van der Waals surface area contributed by atoms with E-state index in [4.69, 9.17) is 5.73 Å². The second-order valence-electron chi connectivity index (χ2n) is 4.77. The average molecular weight is 271 g/mol. The number of nitrogens with one attached hydrogen (secondary N) is 1. The highest BCUT2D eigenvalue weighted by Gasteiger charge is 2.27. The summed E-state index contributed by atoms with van der Waals surface area (Å²) in [6, 6.07) is 11.4. The first kappa shape index (κ1) is 12.6. The van der Waals surface area contributed by atoms with Crippen molar-refractivity contribution in [2.75, 3.05) is 10.7 Å². The van der Waals surface area contributed by atoms with Gasteiger partial charge in [-0.2, -0.15) is 0 Å². The first-order valence-electron chi connectivity index (χ1n) is 6.30. The van der Waals surface area contributed by atoms with Crippen LogP contribution in [0.25, 0.3) is 0 Å². The Morgan fingerprint density at radius 1 is 1.25 bits per heavy atom. The largest absolute Gasteiger partial charge is 0.399 e. The van der Waals surface area contributed by atoms with Gasteiger partial charge < -0.3 is 15.5 Å². The van der Waals surface area contributed by atoms with E-state index < -0.39 is 6.04 Å². The molecule has 0 spiro atoms. The van der Waals surface area contributed by atoms with Gasteiger partial charge in [0.2, 0.25) is 0 Å². The molecule has 1 atom stereocenters. The first-order valence-corrected chi connectivity index (χ1v) is 6.30. The summed E-state index contributed by atoms with van der Waals surface area (Å²) >= 11 is 0. The monoisotopic (exact) mass is 271 g/mol. The fraction of sp³-hybridized carbons (Fsp3) is 0.133. The highest BCUT2D eigenvalue weighted by atomic mass is 19.1. The van der Waals surface area contributed by atoms with Crippen LogP contribution in [0.1, 0.15) is 17.2 Å². The van der Waals surface area contributed by atoms with E-state index in [2.05, 4.69) is 5.43 Å². The van der Waals surface area contributed by atoms with Crippen molar-refractivity contribution in [1.82, 2.24) is 5.43 Å². The molecule has 0 radical (unpaired) electrons. The van der Waals surface area contributed by atoms with E-state index in [0.717, 1.165) is 23.1 Å². The lowest BCUT2D eigenvalue weighted by atomic mass is 10.1. The van der Waals surface area contributed by atoms with Crippen molar-refractivity contribution in [2.45, 2.75) is 12.6 Å². The van der Waals surface area contributed by atoms with Crippen LogP contribution in [0.2, 0.25) is 0 Å². The van der Waals surface area contributed by atoms with Crippen molar-refractivity contribution in [1.29, 1.82) is 0 Å². The number of anilines is 2. The second kappa shape index (κ2) is 4.94. The standard InChI is InChI=1S/C15H14FN3O/c16-11-3-1-10(2-4-11)8-19-15-6-5-12(17)7-13(15)14(9-20)18-19/h1-7,9,14,18H,8,17H2. The molecule has 0 bridgehead atoms. The summed E-state index contributed by atoms with van der Waals surface area (Å²) < 4.78 is 12.9. The number of hydrogen-bond acceptors (Lipinski definition) is 4. The van der Waals surface area contributed by atoms with E-state index in [1.165, 1.54) is 12.1 Å². The van der Waals surface area contributed by atoms with Crippen LogP contribution in [0.3, 0.4) is 0 Å². The van der Waals surface area contributed by atoms with E-state index >= 15 is 0 Å². The van der Waals surface area contributed by atoms with E-state index in [1.54, 1.807) is 24.3 Å². The van der Waals surface area contributed by atoms with Crippen molar-refractivity contribution in [3.05, 3.63) is 59.4 Å². The number of carbonyl (C=O) groups excluding carboxylic acids is 1. The molecule has 0 aliphatic carbocycles. The Bertz CT molecular complexity index is 642. The van der Waals surface area contributed by atoms with Crippen molar-refractivity contribution < 1.29 is 9.18 Å². The maximum Gasteiger partial charge on any atom is 0.143 e. The van der Waals surface area contributed by atoms with Gasteiger partial charge in [-0.15, -0.1) is 0 Å². The minimum atomic E-state index is -0.394. The number of halogens is 1. The van der Waals surface area contributed by atoms with Gasteiger partial charge in [0.25, 0.3) is 0 Å². The van der Waals surface area contributed by atoms with Crippen molar-refractivity contribution in [2.24, 2.45) is 0 Å². The van der Waals surface area contributed by atoms with Crippen LogP contribution in [-0.2, 0) is 11.3 Å². The summed E-state index contributed by atoms with van der Waals surface area (Å²) in [4.78, 5) is 11.1. The van der Waals surface area contributed by atoms with Gasteiger partial charge in [0.05, 0.1) is 12.2 Å². The summed E-state index contributed by atoms with van der Waals surface area (Å²) in [5.41, 5.74) is 12.2. The average Bonchev–Trinajstić information content (AvgIpc) is 2.78. The van der Waals surface area contributed by atoms with Gasteiger partial charge in [0, 0.05) is 11.3 Å². The molecular formula is C15H14FN3O. The summed E-state index contributed by atoms with van der Waals surface area (Å²) in [6.45, 7) is 0.543. The first-order chi connectivity index (χ1) is 9.67. The van der Waals surface area contributed by atoms with Gasteiger partial charge in [0.15, 0.2) is 0 Å². The second-order valence-corrected chi connectivity index (χ2v) is 4.77. The highest BCUT2D eigenvalue weighted by molar-refractivity contribution is 5.74. The molecule has 0 saturated heterocycles. The lowest BCUT2D eigenvalue weighted by molar-refractivity contribution is -0.109. The summed E-state index contributed by atoms with van der Waals surface area (Å²) in [5, 5.41) is 1.88. The Morgan fingerprint density at radius 2 is 2.00 bits per heavy atom. The number of nitrogens with zero attached hydrogens (tertiary/aromatic N) is 1. The predicted octanol–water partition coefficient (Wildman–Crippen LogP) is 2.17. The van der Waals surface area contributed by atoms with Crippen molar-refractivity contribution in [3.8, 4) is 0 Å². The minimum absolute atomic E-state index is 0.262. The lowest BCUT2D eigenvalue weighted by Crippen LogP contribution is -2.34. The molecule has 1 aliphatic rings. The fourth-order valence-electron chi connectivity index (χ4n) is 2.38. The molecule has 3 N–H and O–H groups in total. The molecule has 1 heterocycles. The van der Waals surface area contributed by atoms with Crippen LogP contribution >= 0.6 is 0 Å². The minimum Gasteiger partial charge on any atom is -0.399 e. The van der Waals surface area contributed by atoms with Gasteiger partial charge in [-0.25, -0.2) is 9.82 Å². The van der Waals surface area contributed by atoms with Crippen LogP contribution in [0, 0.1) is 5.82 Å². The van der Waals surface area contributed by atoms with Gasteiger partial charge in [-0.3, -0.25) is 0 Å². The van der Waals surface area contributed by atoms with E-state index in [1.807, 2.05) is 11.1 Å². The number of fused-ring (bicyclic) bond motifs is 1. The zero-order valence-electron chi connectivity index (χ0n) is 10.7. The fourth-order valence-corrected chi connectivity index (χ4v) is 2.38. The zero-order chi connectivity index (χ0) is 14.1. The van der Waals surface area contributed by atoms with Gasteiger partial charge >= 0.3 is 0 Å². The number of hydrogen-bond donors (Lipinski definition) is 2. The maximum absolute atomic E-state index is 12.9. The Balaban J connectivity index is 1.89. The molecule has 2 aromatic carbocycles. The number of nitrogen functional groups attached to an aromatic ring is 1. The smallest absolute Gasteiger partial charge is 0.143 e. The third-order valence-corrected chi connectivity index (χ3v) is 3.36. The van der Waals surface area contributed by atoms with Crippen LogP contribution in [-0.4, -0.2) is 6.29 Å². The topological polar surface area (TPSA) is 58.4 Å². The molecule has 2 aromatic rings. The lowest BCUT2D eigenvalue weighted by Gasteiger charge is -2.20. The molecule has 4 nitrogen and oxygen atoms in total. The summed E-state index contributed by atoms with van der Waals surface area (Å²) in [7, 11) is 0. The molecule has 20 heavy (non-hydrogen) atoms. The van der Waals surface area contributed by atoms with Crippen LogP contribution < -0.4 is 16.2 Å². The molecule has 0 saturated carbocycles. The van der Waals surface area contributed by atoms with Gasteiger partial charge in [0.1, 0.15) is 18.1 Å². The Hall–Kier alpha value is -2.40. The molecule has 5 heteroatoms. The summed E-state index contributed by atoms with van der Waals surface area (Å²) in [5.74, 6) is -0.262. The summed E-state index contributed by atoms with van der Waals surface area (Å²) in [6.07, 6.45) is 0.850. The molecule has 0 aromatic heterocycles. The highest BCUT2D eigenvalue weighted by Crippen LogP contribution is 2.34. The third-order valence-electron chi connectivity index (χ3n) is 3.36. The maximum atomic E-state index is 12.9. The number of rotatable bonds is 3. The van der Waals surface area contributed by atoms with Crippen LogP contribution in [0.15, 0.2) is 42.5 Å². The molecule has 3 rings (SSSR count). The molecular weight excluding hydrogens is 257 g/mol. The quantitative estimate of drug-likeness (QED) is 0.663. The van der Waals surface area contributed by atoms with E-state index in [-0.39, 0.29) is 5.82 Å². The Morgan fingerprint density at radius 3 is 2.70 bits per heavy atom. The molecule has 0 fully saturated rings. The SMILES string of the molecule is Nc1ccc2c(c1)C(C=O)NN2Cc1ccc(F)cc1. The molecule has 1 aliphatic heterocycles. The van der Waals surface area contributed by atoms with Crippen LogP contribution in [0.5, 0.6) is 0 Å². The molecule has 102 valence electrons. The van der Waals surface area contributed by atoms with E-state index in [9.17, 15) is 9.18 Å². The number of carbonyl (C=O) groups is 1. The van der Waals surface area contributed by atoms with E-state index in [0.29, 0.717) is 12.2 Å². The Kier molecular flexibility index (Phi) is 3.12. The number of benzene rings is 2. The van der Waals surface area contributed by atoms with Crippen LogP contribution in [0.4, 0.5) is 15.8 Å².